The zero-order chi connectivity index (χ0) is 19.4. The second-order valence-electron chi connectivity index (χ2n) is 6.09. The van der Waals surface area contributed by atoms with E-state index in [4.69, 9.17) is 4.74 Å². The number of rotatable bonds is 7. The maximum atomic E-state index is 12.6. The first kappa shape index (κ1) is 18.7. The van der Waals surface area contributed by atoms with Crippen LogP contribution in [0.1, 0.15) is 29.8 Å². The van der Waals surface area contributed by atoms with Gasteiger partial charge >= 0.3 is 0 Å². The first-order valence-electron chi connectivity index (χ1n) is 8.78. The van der Waals surface area contributed by atoms with Crippen LogP contribution in [0, 0.1) is 0 Å². The molecule has 8 nitrogen and oxygen atoms in total. The average molecular weight is 369 g/mol. The molecule has 0 aliphatic carbocycles. The normalized spacial score (nSPS) is 11.1. The summed E-state index contributed by atoms with van der Waals surface area (Å²) in [6.45, 7) is 6.92. The summed E-state index contributed by atoms with van der Waals surface area (Å²) < 4.78 is 6.61. The summed E-state index contributed by atoms with van der Waals surface area (Å²) in [6.07, 6.45) is 5.14. The molecule has 8 heteroatoms. The zero-order valence-electron chi connectivity index (χ0n) is 15.6. The Labute approximate surface area is 157 Å². The lowest BCUT2D eigenvalue weighted by molar-refractivity contribution is 0.102. The Morgan fingerprint density at radius 2 is 2.07 bits per heavy atom. The van der Waals surface area contributed by atoms with Gasteiger partial charge in [-0.1, -0.05) is 13.8 Å². The second kappa shape index (κ2) is 8.05. The fraction of sp³-hybridized carbons (Fsp3) is 0.316. The summed E-state index contributed by atoms with van der Waals surface area (Å²) in [5.74, 6) is -0.0562. The molecule has 0 atom stereocenters. The number of nitrogens with one attached hydrogen (secondary N) is 1. The summed E-state index contributed by atoms with van der Waals surface area (Å²) in [6, 6.07) is 4.66. The molecule has 0 bridgehead atoms. The predicted molar refractivity (Wildman–Crippen MR) is 102 cm³/mol. The van der Waals surface area contributed by atoms with Crippen LogP contribution >= 0.6 is 0 Å². The van der Waals surface area contributed by atoms with Gasteiger partial charge in [-0.05, 0) is 25.2 Å². The van der Waals surface area contributed by atoms with Crippen LogP contribution in [0.15, 0.2) is 36.8 Å². The SMILES string of the molecule is CCN(CC)Cc1cnc2c(C(=O)Nc3ccc(OC)c(O)c3)cnn2c1. The van der Waals surface area contributed by atoms with Crippen LogP contribution < -0.4 is 10.1 Å². The highest BCUT2D eigenvalue weighted by Crippen LogP contribution is 2.28. The minimum Gasteiger partial charge on any atom is -0.504 e. The molecule has 1 aromatic carbocycles. The number of carbonyl (C=O) groups is 1. The van der Waals surface area contributed by atoms with Crippen LogP contribution in [0.4, 0.5) is 5.69 Å². The molecular weight excluding hydrogens is 346 g/mol. The molecule has 3 aromatic rings. The predicted octanol–water partition coefficient (Wildman–Crippen LogP) is 2.54. The van der Waals surface area contributed by atoms with Gasteiger partial charge in [-0.3, -0.25) is 9.69 Å². The molecular formula is C19H23N5O3. The summed E-state index contributed by atoms with van der Waals surface area (Å²) >= 11 is 0. The van der Waals surface area contributed by atoms with Crippen molar-refractivity contribution >= 4 is 17.2 Å². The third-order valence-corrected chi connectivity index (χ3v) is 4.39. The fourth-order valence-corrected chi connectivity index (χ4v) is 2.83. The highest BCUT2D eigenvalue weighted by molar-refractivity contribution is 6.08. The molecule has 0 fully saturated rings. The van der Waals surface area contributed by atoms with E-state index in [0.29, 0.717) is 22.6 Å². The number of ether oxygens (including phenoxy) is 1. The van der Waals surface area contributed by atoms with Gasteiger partial charge in [-0.2, -0.15) is 5.10 Å². The van der Waals surface area contributed by atoms with Crippen molar-refractivity contribution in [1.82, 2.24) is 19.5 Å². The number of anilines is 1. The molecule has 2 N–H and O–H groups in total. The molecule has 2 aromatic heterocycles. The van der Waals surface area contributed by atoms with Gasteiger partial charge in [0.1, 0.15) is 5.56 Å². The van der Waals surface area contributed by atoms with Crippen molar-refractivity contribution in [3.8, 4) is 11.5 Å². The Kier molecular flexibility index (Phi) is 5.56. The molecule has 1 amide bonds. The van der Waals surface area contributed by atoms with E-state index in [1.54, 1.807) is 22.8 Å². The largest absolute Gasteiger partial charge is 0.504 e. The van der Waals surface area contributed by atoms with Crippen molar-refractivity contribution in [2.45, 2.75) is 20.4 Å². The molecule has 0 aliphatic rings. The van der Waals surface area contributed by atoms with Crippen molar-refractivity contribution in [2.24, 2.45) is 0 Å². The molecule has 0 unspecified atom stereocenters. The minimum atomic E-state index is -0.349. The number of aromatic hydroxyl groups is 1. The lowest BCUT2D eigenvalue weighted by Gasteiger charge is -2.17. The standard InChI is InChI=1S/C19H23N5O3/c1-4-23(5-2)11-13-9-20-18-15(10-21-24(18)12-13)19(26)22-14-6-7-17(27-3)16(25)8-14/h6-10,12,25H,4-5,11H2,1-3H3,(H,22,26). The Hall–Kier alpha value is -3.13. The van der Waals surface area contributed by atoms with E-state index in [9.17, 15) is 9.90 Å². The Morgan fingerprint density at radius 1 is 1.30 bits per heavy atom. The highest BCUT2D eigenvalue weighted by atomic mass is 16.5. The van der Waals surface area contributed by atoms with Crippen molar-refractivity contribution < 1.29 is 14.6 Å². The van der Waals surface area contributed by atoms with E-state index < -0.39 is 0 Å². The van der Waals surface area contributed by atoms with Crippen molar-refractivity contribution in [3.05, 3.63) is 47.9 Å². The molecule has 0 spiro atoms. The van der Waals surface area contributed by atoms with Crippen LogP contribution in [0.3, 0.4) is 0 Å². The number of methoxy groups -OCH3 is 1. The van der Waals surface area contributed by atoms with E-state index in [0.717, 1.165) is 25.2 Å². The maximum Gasteiger partial charge on any atom is 0.261 e. The van der Waals surface area contributed by atoms with E-state index in [-0.39, 0.29) is 11.7 Å². The number of aromatic nitrogens is 3. The van der Waals surface area contributed by atoms with Gasteiger partial charge in [0.05, 0.1) is 13.3 Å². The Balaban J connectivity index is 1.80. The van der Waals surface area contributed by atoms with E-state index in [1.807, 2.05) is 6.20 Å². The molecule has 3 rings (SSSR count). The number of benzene rings is 1. The Bertz CT molecular complexity index is 950. The van der Waals surface area contributed by atoms with Gasteiger partial charge in [0.15, 0.2) is 17.1 Å². The monoisotopic (exact) mass is 369 g/mol. The van der Waals surface area contributed by atoms with Crippen LogP contribution in [0.5, 0.6) is 11.5 Å². The number of phenols is 1. The van der Waals surface area contributed by atoms with E-state index in [1.165, 1.54) is 19.4 Å². The van der Waals surface area contributed by atoms with Gasteiger partial charge < -0.3 is 15.2 Å². The lowest BCUT2D eigenvalue weighted by Crippen LogP contribution is -2.22. The van der Waals surface area contributed by atoms with Gasteiger partial charge in [0, 0.05) is 36.3 Å². The van der Waals surface area contributed by atoms with Gasteiger partial charge in [-0.15, -0.1) is 0 Å². The molecule has 0 radical (unpaired) electrons. The summed E-state index contributed by atoms with van der Waals surface area (Å²) in [5, 5.41) is 16.8. The minimum absolute atomic E-state index is 0.0469. The smallest absolute Gasteiger partial charge is 0.261 e. The molecule has 2 heterocycles. The van der Waals surface area contributed by atoms with Crippen molar-refractivity contribution in [3.63, 3.8) is 0 Å². The maximum absolute atomic E-state index is 12.6. The number of hydrogen-bond acceptors (Lipinski definition) is 6. The molecule has 0 saturated carbocycles. The summed E-state index contributed by atoms with van der Waals surface area (Å²) in [7, 11) is 1.46. The van der Waals surface area contributed by atoms with Crippen molar-refractivity contribution in [2.75, 3.05) is 25.5 Å². The van der Waals surface area contributed by atoms with Crippen LogP contribution in [-0.2, 0) is 6.54 Å². The topological polar surface area (TPSA) is 92.0 Å². The number of fused-ring (bicyclic) bond motifs is 1. The van der Waals surface area contributed by atoms with Crippen molar-refractivity contribution in [1.29, 1.82) is 0 Å². The molecule has 0 aliphatic heterocycles. The molecule has 142 valence electrons. The number of carbonyl (C=O) groups excluding carboxylic acids is 1. The molecule has 0 saturated heterocycles. The lowest BCUT2D eigenvalue weighted by atomic mass is 10.2. The van der Waals surface area contributed by atoms with E-state index >= 15 is 0 Å². The third-order valence-electron chi connectivity index (χ3n) is 4.39. The van der Waals surface area contributed by atoms with Gasteiger partial charge in [0.2, 0.25) is 0 Å². The second-order valence-corrected chi connectivity index (χ2v) is 6.09. The van der Waals surface area contributed by atoms with Gasteiger partial charge in [0.25, 0.3) is 5.91 Å². The number of hydrogen-bond donors (Lipinski definition) is 2. The first-order chi connectivity index (χ1) is 13.0. The average Bonchev–Trinajstić information content (AvgIpc) is 3.09. The highest BCUT2D eigenvalue weighted by Gasteiger charge is 2.15. The zero-order valence-corrected chi connectivity index (χ0v) is 15.6. The summed E-state index contributed by atoms with van der Waals surface area (Å²) in [5.41, 5.74) is 2.32. The van der Waals surface area contributed by atoms with Gasteiger partial charge in [-0.25, -0.2) is 9.50 Å². The molecule has 27 heavy (non-hydrogen) atoms. The Morgan fingerprint density at radius 3 is 2.74 bits per heavy atom. The third kappa shape index (κ3) is 4.01. The quantitative estimate of drug-likeness (QED) is 0.665. The van der Waals surface area contributed by atoms with E-state index in [2.05, 4.69) is 34.1 Å². The van der Waals surface area contributed by atoms with Crippen LogP contribution in [0.2, 0.25) is 0 Å². The first-order valence-corrected chi connectivity index (χ1v) is 8.78. The summed E-state index contributed by atoms with van der Waals surface area (Å²) in [4.78, 5) is 19.3. The number of nitrogens with zero attached hydrogens (tertiary/aromatic N) is 4. The number of amides is 1. The fourth-order valence-electron chi connectivity index (χ4n) is 2.83. The van der Waals surface area contributed by atoms with Crippen LogP contribution in [-0.4, -0.2) is 50.7 Å². The number of phenolic OH excluding ortho intramolecular Hbond substituents is 1. The van der Waals surface area contributed by atoms with Crippen LogP contribution in [0.25, 0.3) is 5.65 Å².